The van der Waals surface area contributed by atoms with Gasteiger partial charge in [0.05, 0.1) is 24.5 Å². The second kappa shape index (κ2) is 7.55. The zero-order valence-electron chi connectivity index (χ0n) is 12.5. The van der Waals surface area contributed by atoms with Crippen molar-refractivity contribution < 1.29 is 27.9 Å². The van der Waals surface area contributed by atoms with E-state index >= 15 is 0 Å². The number of rotatable bonds is 5. The van der Waals surface area contributed by atoms with Crippen LogP contribution in [0.1, 0.15) is 11.4 Å². The number of hydrogen-bond donors (Lipinski definition) is 3. The van der Waals surface area contributed by atoms with Crippen LogP contribution < -0.4 is 10.6 Å². The fourth-order valence-electron chi connectivity index (χ4n) is 1.77. The lowest BCUT2D eigenvalue weighted by Gasteiger charge is -2.08. The molecule has 2 heterocycles. The first-order chi connectivity index (χ1) is 11.8. The highest BCUT2D eigenvalue weighted by Crippen LogP contribution is 2.28. The largest absolute Gasteiger partial charge is 0.465 e. The van der Waals surface area contributed by atoms with E-state index in [-0.39, 0.29) is 6.54 Å². The van der Waals surface area contributed by atoms with E-state index < -0.39 is 30.4 Å². The number of nitrogens with zero attached hydrogens (tertiary/aromatic N) is 3. The number of carbonyl (C=O) groups excluding carboxylic acids is 1. The Balaban J connectivity index is 2.03. The van der Waals surface area contributed by atoms with Gasteiger partial charge in [-0.25, -0.2) is 14.8 Å². The molecule has 0 aliphatic rings. The molecule has 132 valence electrons. The summed E-state index contributed by atoms with van der Waals surface area (Å²) in [4.78, 5) is 32.9. The predicted octanol–water partition coefficient (Wildman–Crippen LogP) is 1.44. The van der Waals surface area contributed by atoms with Crippen molar-refractivity contribution in [1.29, 1.82) is 0 Å². The van der Waals surface area contributed by atoms with Crippen LogP contribution in [0.15, 0.2) is 30.7 Å². The second-order valence-corrected chi connectivity index (χ2v) is 4.76. The maximum atomic E-state index is 12.5. The second-order valence-electron chi connectivity index (χ2n) is 4.76. The number of aromatic nitrogens is 3. The lowest BCUT2D eigenvalue weighted by molar-refractivity contribution is -0.141. The highest BCUT2D eigenvalue weighted by Gasteiger charge is 2.32. The van der Waals surface area contributed by atoms with Crippen molar-refractivity contribution in [2.45, 2.75) is 12.7 Å². The van der Waals surface area contributed by atoms with E-state index in [1.54, 1.807) is 0 Å². The number of pyridine rings is 1. The molecule has 2 aromatic rings. The van der Waals surface area contributed by atoms with Crippen molar-refractivity contribution in [2.75, 3.05) is 6.54 Å². The molecule has 0 saturated heterocycles. The molecular formula is C14H12F3N5O3. The van der Waals surface area contributed by atoms with E-state index in [2.05, 4.69) is 20.3 Å². The molecule has 2 amide bonds. The van der Waals surface area contributed by atoms with Gasteiger partial charge in [0.2, 0.25) is 5.91 Å². The molecule has 2 aromatic heterocycles. The maximum Gasteiger partial charge on any atom is 0.433 e. The summed E-state index contributed by atoms with van der Waals surface area (Å²) in [6.07, 6.45) is -3.60. The number of carboxylic acid groups (broad SMARTS) is 1. The molecule has 0 saturated carbocycles. The molecule has 8 nitrogen and oxygen atoms in total. The van der Waals surface area contributed by atoms with Gasteiger partial charge in [0.1, 0.15) is 12.0 Å². The lowest BCUT2D eigenvalue weighted by atomic mass is 10.1. The first-order valence-corrected chi connectivity index (χ1v) is 6.84. The van der Waals surface area contributed by atoms with Crippen molar-refractivity contribution in [3.05, 3.63) is 42.1 Å². The molecule has 0 fully saturated rings. The zero-order chi connectivity index (χ0) is 18.4. The lowest BCUT2D eigenvalue weighted by Crippen LogP contribution is -2.35. The molecule has 0 radical (unpaired) electrons. The summed E-state index contributed by atoms with van der Waals surface area (Å²) < 4.78 is 37.5. The third-order valence-corrected chi connectivity index (χ3v) is 2.94. The highest BCUT2D eigenvalue weighted by molar-refractivity contribution is 5.81. The Morgan fingerprint density at radius 2 is 1.88 bits per heavy atom. The third-order valence-electron chi connectivity index (χ3n) is 2.94. The number of alkyl halides is 3. The fraction of sp³-hybridized carbons (Fsp3) is 0.214. The van der Waals surface area contributed by atoms with Crippen molar-refractivity contribution in [3.8, 4) is 11.3 Å². The SMILES string of the molecule is O=C(O)NCC(=O)NCc1cc(-c2ccc(C(F)(F)F)nc2)ncn1. The molecule has 0 aliphatic carbocycles. The van der Waals surface area contributed by atoms with Crippen LogP contribution in [0.2, 0.25) is 0 Å². The van der Waals surface area contributed by atoms with Gasteiger partial charge in [-0.2, -0.15) is 13.2 Å². The zero-order valence-corrected chi connectivity index (χ0v) is 12.5. The van der Waals surface area contributed by atoms with Crippen LogP contribution >= 0.6 is 0 Å². The minimum Gasteiger partial charge on any atom is -0.465 e. The van der Waals surface area contributed by atoms with E-state index in [0.717, 1.165) is 12.3 Å². The van der Waals surface area contributed by atoms with Gasteiger partial charge in [-0.1, -0.05) is 0 Å². The topological polar surface area (TPSA) is 117 Å². The van der Waals surface area contributed by atoms with Gasteiger partial charge in [0.25, 0.3) is 0 Å². The molecular weight excluding hydrogens is 343 g/mol. The van der Waals surface area contributed by atoms with Gasteiger partial charge in [-0.3, -0.25) is 9.78 Å². The van der Waals surface area contributed by atoms with Crippen molar-refractivity contribution in [3.63, 3.8) is 0 Å². The van der Waals surface area contributed by atoms with Crippen LogP contribution in [-0.4, -0.2) is 38.6 Å². The Morgan fingerprint density at radius 1 is 1.12 bits per heavy atom. The molecule has 0 unspecified atom stereocenters. The van der Waals surface area contributed by atoms with Crippen LogP contribution in [0.3, 0.4) is 0 Å². The summed E-state index contributed by atoms with van der Waals surface area (Å²) in [7, 11) is 0. The van der Waals surface area contributed by atoms with Gasteiger partial charge in [0.15, 0.2) is 0 Å². The summed E-state index contributed by atoms with van der Waals surface area (Å²) in [5.74, 6) is -0.557. The quantitative estimate of drug-likeness (QED) is 0.747. The molecule has 3 N–H and O–H groups in total. The van der Waals surface area contributed by atoms with E-state index in [9.17, 15) is 22.8 Å². The first kappa shape index (κ1) is 18.1. The first-order valence-electron chi connectivity index (χ1n) is 6.84. The minimum absolute atomic E-state index is 0.00369. The predicted molar refractivity (Wildman–Crippen MR) is 78.1 cm³/mol. The van der Waals surface area contributed by atoms with E-state index in [4.69, 9.17) is 5.11 Å². The Morgan fingerprint density at radius 3 is 2.48 bits per heavy atom. The summed E-state index contributed by atoms with van der Waals surface area (Å²) >= 11 is 0. The van der Waals surface area contributed by atoms with Gasteiger partial charge in [0, 0.05) is 11.8 Å². The van der Waals surface area contributed by atoms with Gasteiger partial charge in [-0.15, -0.1) is 0 Å². The van der Waals surface area contributed by atoms with Crippen LogP contribution in [-0.2, 0) is 17.5 Å². The van der Waals surface area contributed by atoms with E-state index in [0.29, 0.717) is 17.0 Å². The van der Waals surface area contributed by atoms with Crippen molar-refractivity contribution in [1.82, 2.24) is 25.6 Å². The standard InChI is InChI=1S/C14H12F3N5O3/c15-14(16,17)11-2-1-8(4-18-11)10-3-9(21-7-22-10)5-19-12(23)6-20-13(24)25/h1-4,7,20H,5-6H2,(H,19,23)(H,24,25). The number of carbonyl (C=O) groups is 2. The number of halogens is 3. The summed E-state index contributed by atoms with van der Waals surface area (Å²) in [6, 6.07) is 3.56. The van der Waals surface area contributed by atoms with Crippen molar-refractivity contribution >= 4 is 12.0 Å². The van der Waals surface area contributed by atoms with Gasteiger partial charge >= 0.3 is 12.3 Å². The maximum absolute atomic E-state index is 12.5. The molecule has 0 aromatic carbocycles. The molecule has 25 heavy (non-hydrogen) atoms. The molecule has 11 heteroatoms. The summed E-state index contributed by atoms with van der Waals surface area (Å²) in [5.41, 5.74) is 0.0805. The molecule has 0 atom stereocenters. The van der Waals surface area contributed by atoms with E-state index in [1.165, 1.54) is 18.5 Å². The van der Waals surface area contributed by atoms with Gasteiger partial charge in [-0.05, 0) is 18.2 Å². The van der Waals surface area contributed by atoms with Crippen LogP contribution in [0.5, 0.6) is 0 Å². The number of amides is 2. The minimum atomic E-state index is -4.52. The summed E-state index contributed by atoms with van der Waals surface area (Å²) in [5, 5.41) is 12.7. The van der Waals surface area contributed by atoms with Crippen LogP contribution in [0.25, 0.3) is 11.3 Å². The van der Waals surface area contributed by atoms with Crippen LogP contribution in [0, 0.1) is 0 Å². The average Bonchev–Trinajstić information content (AvgIpc) is 2.58. The highest BCUT2D eigenvalue weighted by atomic mass is 19.4. The molecule has 2 rings (SSSR count). The molecule has 0 aliphatic heterocycles. The Bertz CT molecular complexity index is 765. The van der Waals surface area contributed by atoms with Crippen molar-refractivity contribution in [2.24, 2.45) is 0 Å². The normalized spacial score (nSPS) is 11.0. The fourth-order valence-corrected chi connectivity index (χ4v) is 1.77. The average molecular weight is 355 g/mol. The Labute approximate surface area is 139 Å². The Kier molecular flexibility index (Phi) is 5.47. The Hall–Kier alpha value is -3.24. The molecule has 0 bridgehead atoms. The third kappa shape index (κ3) is 5.41. The summed E-state index contributed by atoms with van der Waals surface area (Å²) in [6.45, 7) is -0.403. The monoisotopic (exact) mass is 355 g/mol. The smallest absolute Gasteiger partial charge is 0.433 e. The van der Waals surface area contributed by atoms with Crippen LogP contribution in [0.4, 0.5) is 18.0 Å². The number of hydrogen-bond acceptors (Lipinski definition) is 5. The van der Waals surface area contributed by atoms with Gasteiger partial charge < -0.3 is 15.7 Å². The van der Waals surface area contributed by atoms with E-state index in [1.807, 2.05) is 5.32 Å². The molecule has 0 spiro atoms. The number of nitrogens with one attached hydrogen (secondary N) is 2.